The first-order chi connectivity index (χ1) is 17.0. The molecule has 0 amide bonds. The Balaban J connectivity index is 1.79. The van der Waals surface area contributed by atoms with Gasteiger partial charge in [-0.25, -0.2) is 19.4 Å². The van der Waals surface area contributed by atoms with Crippen molar-refractivity contribution in [2.24, 2.45) is 11.8 Å². The second-order valence-corrected chi connectivity index (χ2v) is 11.1. The van der Waals surface area contributed by atoms with Crippen molar-refractivity contribution in [3.8, 4) is 0 Å². The molecule has 10 heteroatoms. The Morgan fingerprint density at radius 3 is 1.31 bits per heavy atom. The van der Waals surface area contributed by atoms with Crippen molar-refractivity contribution in [3.05, 3.63) is 0 Å². The molecule has 2 fully saturated rings. The molecule has 2 saturated carbocycles. The first-order valence-corrected chi connectivity index (χ1v) is 13.5. The van der Waals surface area contributed by atoms with Crippen LogP contribution >= 0.6 is 0 Å². The fourth-order valence-corrected chi connectivity index (χ4v) is 5.19. The minimum Gasteiger partial charge on any atom is -0.450 e. The zero-order valence-corrected chi connectivity index (χ0v) is 22.4. The summed E-state index contributed by atoms with van der Waals surface area (Å²) in [5.41, 5.74) is -1.12. The number of hydrogen-bond donors (Lipinski definition) is 2. The molecule has 0 heterocycles. The zero-order valence-electron chi connectivity index (χ0n) is 22.4. The van der Waals surface area contributed by atoms with E-state index in [9.17, 15) is 9.59 Å². The molecule has 2 aliphatic carbocycles. The predicted octanol–water partition coefficient (Wildman–Crippen LogP) is 7.20. The van der Waals surface area contributed by atoms with Gasteiger partial charge in [0.05, 0.1) is 0 Å². The van der Waals surface area contributed by atoms with Gasteiger partial charge >= 0.3 is 12.3 Å². The molecular weight excluding hydrogens is 472 g/mol. The van der Waals surface area contributed by atoms with E-state index in [4.69, 9.17) is 39.2 Å². The summed E-state index contributed by atoms with van der Waals surface area (Å²) >= 11 is 0. The smallest absolute Gasteiger partial charge is 0.450 e. The maximum absolute atomic E-state index is 11.1. The van der Waals surface area contributed by atoms with Gasteiger partial charge in [0.15, 0.2) is 0 Å². The molecule has 0 radical (unpaired) electrons. The van der Waals surface area contributed by atoms with Crippen LogP contribution in [0.5, 0.6) is 0 Å². The van der Waals surface area contributed by atoms with Crippen molar-refractivity contribution >= 4 is 12.3 Å². The van der Waals surface area contributed by atoms with Gasteiger partial charge in [0.1, 0.15) is 11.2 Å². The van der Waals surface area contributed by atoms with Crippen molar-refractivity contribution in [2.75, 3.05) is 0 Å². The molecule has 0 aliphatic heterocycles. The van der Waals surface area contributed by atoms with E-state index in [0.717, 1.165) is 51.4 Å². The number of unbranched alkanes of at least 4 members (excludes halogenated alkanes) is 1. The summed E-state index contributed by atoms with van der Waals surface area (Å²) in [4.78, 5) is 44.4. The number of carboxylic acid groups (broad SMARTS) is 2. The molecule has 0 bridgehead atoms. The maximum Gasteiger partial charge on any atom is 0.508 e. The summed E-state index contributed by atoms with van der Waals surface area (Å²) in [5.74, 6) is 0.668. The van der Waals surface area contributed by atoms with E-state index < -0.39 is 36.1 Å². The lowest BCUT2D eigenvalue weighted by Gasteiger charge is -2.36. The molecule has 0 saturated heterocycles. The van der Waals surface area contributed by atoms with Crippen LogP contribution in [0, 0.1) is 11.8 Å². The molecule has 2 aliphatic rings. The highest BCUT2D eigenvalue weighted by Crippen LogP contribution is 2.36. The normalized spacial score (nSPS) is 20.0. The molecule has 210 valence electrons. The summed E-state index contributed by atoms with van der Waals surface area (Å²) in [6, 6.07) is 0. The van der Waals surface area contributed by atoms with E-state index >= 15 is 0 Å². The lowest BCUT2D eigenvalue weighted by molar-refractivity contribution is -0.423. The first-order valence-electron chi connectivity index (χ1n) is 13.5. The van der Waals surface area contributed by atoms with Crippen LogP contribution in [0.3, 0.4) is 0 Å². The van der Waals surface area contributed by atoms with Gasteiger partial charge in [-0.3, -0.25) is 0 Å². The molecule has 2 atom stereocenters. The van der Waals surface area contributed by atoms with Crippen LogP contribution in [-0.2, 0) is 29.0 Å². The van der Waals surface area contributed by atoms with E-state index in [1.165, 1.54) is 12.8 Å². The topological polar surface area (TPSA) is 130 Å². The largest absolute Gasteiger partial charge is 0.508 e. The SMILES string of the molecule is CC(C)(OOC(CCCCC(OOC(C)(C)C1CCCCC1)OC(=O)O)OC(=O)O)C1CCCCC1. The molecule has 10 nitrogen and oxygen atoms in total. The standard InChI is InChI=1S/C26H46O10/c1-25(2,19-13-7-5-8-14-19)35-33-21(31-23(27)28)17-11-12-18-22(32-24(29)30)34-36-26(3,4)20-15-9-6-10-16-20/h19-22H,5-18H2,1-4H3,(H,27,28)(H,29,30). The molecule has 2 rings (SSSR count). The summed E-state index contributed by atoms with van der Waals surface area (Å²) in [5, 5.41) is 18.2. The van der Waals surface area contributed by atoms with Gasteiger partial charge in [0.25, 0.3) is 0 Å². The lowest BCUT2D eigenvalue weighted by Crippen LogP contribution is -2.38. The fourth-order valence-electron chi connectivity index (χ4n) is 5.19. The second-order valence-electron chi connectivity index (χ2n) is 11.1. The van der Waals surface area contributed by atoms with E-state index in [1.807, 2.05) is 27.7 Å². The molecular formula is C26H46O10. The summed E-state index contributed by atoms with van der Waals surface area (Å²) in [6.45, 7) is 7.78. The number of carbonyl (C=O) groups is 2. The molecule has 2 unspecified atom stereocenters. The monoisotopic (exact) mass is 518 g/mol. The van der Waals surface area contributed by atoms with Crippen LogP contribution in [0.4, 0.5) is 9.59 Å². The second kappa shape index (κ2) is 15.0. The minimum atomic E-state index is -1.45. The van der Waals surface area contributed by atoms with Gasteiger partial charge < -0.3 is 19.7 Å². The molecule has 0 aromatic heterocycles. The van der Waals surface area contributed by atoms with Crippen LogP contribution in [0.15, 0.2) is 0 Å². The van der Waals surface area contributed by atoms with Crippen molar-refractivity contribution in [2.45, 2.75) is 141 Å². The van der Waals surface area contributed by atoms with Crippen LogP contribution < -0.4 is 0 Å². The minimum absolute atomic E-state index is 0.237. The highest BCUT2D eigenvalue weighted by atomic mass is 17.2. The van der Waals surface area contributed by atoms with Gasteiger partial charge in [0, 0.05) is 12.8 Å². The molecule has 2 N–H and O–H groups in total. The Hall–Kier alpha value is -1.62. The lowest BCUT2D eigenvalue weighted by atomic mass is 9.79. The molecule has 0 spiro atoms. The highest BCUT2D eigenvalue weighted by Gasteiger charge is 2.35. The summed E-state index contributed by atoms with van der Waals surface area (Å²) in [7, 11) is 0. The number of ether oxygens (including phenoxy) is 2. The molecule has 0 aromatic carbocycles. The van der Waals surface area contributed by atoms with Crippen molar-refractivity contribution in [1.29, 1.82) is 0 Å². The van der Waals surface area contributed by atoms with Crippen LogP contribution in [0.1, 0.15) is 118 Å². The third-order valence-electron chi connectivity index (χ3n) is 7.51. The predicted molar refractivity (Wildman–Crippen MR) is 130 cm³/mol. The Morgan fingerprint density at radius 2 is 1.00 bits per heavy atom. The summed E-state index contributed by atoms with van der Waals surface area (Å²) in [6.07, 6.45) is 7.56. The van der Waals surface area contributed by atoms with Gasteiger partial charge in [-0.2, -0.15) is 9.78 Å². The van der Waals surface area contributed by atoms with E-state index in [1.54, 1.807) is 0 Å². The third-order valence-corrected chi connectivity index (χ3v) is 7.51. The Labute approximate surface area is 214 Å². The fraction of sp³-hybridized carbons (Fsp3) is 0.923. The van der Waals surface area contributed by atoms with Crippen LogP contribution in [-0.4, -0.2) is 46.3 Å². The Morgan fingerprint density at radius 1 is 0.667 bits per heavy atom. The third kappa shape index (κ3) is 11.2. The van der Waals surface area contributed by atoms with Gasteiger partial charge in [-0.1, -0.05) is 38.5 Å². The average Bonchev–Trinajstić information content (AvgIpc) is 2.84. The van der Waals surface area contributed by atoms with Gasteiger partial charge in [-0.15, -0.1) is 0 Å². The van der Waals surface area contributed by atoms with Gasteiger partial charge in [0.2, 0.25) is 12.6 Å². The average molecular weight is 519 g/mol. The maximum atomic E-state index is 11.1. The van der Waals surface area contributed by atoms with Crippen molar-refractivity contribution in [3.63, 3.8) is 0 Å². The van der Waals surface area contributed by atoms with Crippen LogP contribution in [0.2, 0.25) is 0 Å². The number of rotatable bonds is 15. The van der Waals surface area contributed by atoms with E-state index in [-0.39, 0.29) is 12.8 Å². The Kier molecular flexibility index (Phi) is 12.7. The van der Waals surface area contributed by atoms with Crippen LogP contribution in [0.25, 0.3) is 0 Å². The first kappa shape index (κ1) is 30.6. The van der Waals surface area contributed by atoms with E-state index in [2.05, 4.69) is 0 Å². The van der Waals surface area contributed by atoms with Crippen molar-refractivity contribution < 1.29 is 48.8 Å². The zero-order chi connectivity index (χ0) is 26.6. The molecule has 36 heavy (non-hydrogen) atoms. The van der Waals surface area contributed by atoms with E-state index in [0.29, 0.717) is 24.7 Å². The molecule has 0 aromatic rings. The van der Waals surface area contributed by atoms with Crippen molar-refractivity contribution in [1.82, 2.24) is 0 Å². The van der Waals surface area contributed by atoms with Gasteiger partial charge in [-0.05, 0) is 78.1 Å². The quantitative estimate of drug-likeness (QED) is 0.0754. The highest BCUT2D eigenvalue weighted by molar-refractivity contribution is 5.57. The number of hydrogen-bond acceptors (Lipinski definition) is 8. The summed E-state index contributed by atoms with van der Waals surface area (Å²) < 4.78 is 9.70. The Bertz CT molecular complexity index is 597.